The molecule has 0 aliphatic rings. The molecule has 0 saturated heterocycles. The van der Waals surface area contributed by atoms with E-state index in [1.54, 1.807) is 24.5 Å². The number of rotatable bonds is 2. The Balaban J connectivity index is 2.91. The average Bonchev–Trinajstić information content (AvgIpc) is 2.56. The minimum Gasteiger partial charge on any atom is -0.368 e. The van der Waals surface area contributed by atoms with Gasteiger partial charge in [-0.25, -0.2) is 0 Å². The molecule has 0 saturated carbocycles. The second-order valence-corrected chi connectivity index (χ2v) is 5.12. The van der Waals surface area contributed by atoms with Crippen molar-refractivity contribution in [1.29, 1.82) is 0 Å². The van der Waals surface area contributed by atoms with E-state index in [1.807, 2.05) is 12.1 Å². The second-order valence-electron chi connectivity index (χ2n) is 4.32. The number of carbonyl (C=O) groups is 1. The summed E-state index contributed by atoms with van der Waals surface area (Å²) < 4.78 is 2.08. The van der Waals surface area contributed by atoms with Gasteiger partial charge in [-0.1, -0.05) is 17.7 Å². The van der Waals surface area contributed by atoms with Crippen molar-refractivity contribution in [2.75, 3.05) is 0 Å². The van der Waals surface area contributed by atoms with Crippen LogP contribution >= 0.6 is 23.8 Å². The number of aromatic amines is 1. The van der Waals surface area contributed by atoms with E-state index in [-0.39, 0.29) is 0 Å². The number of nitrogens with one attached hydrogen (secondary N) is 1. The van der Waals surface area contributed by atoms with E-state index in [0.717, 1.165) is 5.52 Å². The number of aromatic nitrogens is 2. The number of nitrogens with two attached hydrogens (primary N) is 1. The van der Waals surface area contributed by atoms with Crippen LogP contribution in [0.3, 0.4) is 0 Å². The van der Waals surface area contributed by atoms with Gasteiger partial charge in [-0.05, 0) is 38.2 Å². The molecule has 0 bridgehead atoms. The second kappa shape index (κ2) is 3.85. The summed E-state index contributed by atoms with van der Waals surface area (Å²) >= 11 is 11.4. The molecule has 4 nitrogen and oxygen atoms in total. The van der Waals surface area contributed by atoms with E-state index in [4.69, 9.17) is 29.6 Å². The average molecular weight is 270 g/mol. The molecule has 90 valence electrons. The number of hydrogen-bond donors (Lipinski definition) is 2. The van der Waals surface area contributed by atoms with Crippen molar-refractivity contribution in [1.82, 2.24) is 9.55 Å². The van der Waals surface area contributed by atoms with Crippen molar-refractivity contribution in [2.45, 2.75) is 19.4 Å². The Hall–Kier alpha value is -1.33. The van der Waals surface area contributed by atoms with E-state index in [2.05, 4.69) is 4.98 Å². The predicted octanol–water partition coefficient (Wildman–Crippen LogP) is 2.57. The zero-order chi connectivity index (χ0) is 12.8. The van der Waals surface area contributed by atoms with Crippen LogP contribution in [-0.2, 0) is 10.3 Å². The minimum absolute atomic E-state index is 0.428. The van der Waals surface area contributed by atoms with Gasteiger partial charge >= 0.3 is 0 Å². The molecule has 0 aliphatic carbocycles. The molecule has 1 aromatic heterocycles. The van der Waals surface area contributed by atoms with Gasteiger partial charge in [0.1, 0.15) is 5.54 Å². The summed E-state index contributed by atoms with van der Waals surface area (Å²) in [7, 11) is 0. The standard InChI is InChI=1S/C11H12ClN3OS/c1-11(2,9(13)16)15-8-6(12)4-3-5-7(8)14-10(15)17/h3-5H,1-2H3,(H2,13,16)(H,14,17). The summed E-state index contributed by atoms with van der Waals surface area (Å²) in [5, 5.41) is 0.532. The van der Waals surface area contributed by atoms with Crippen LogP contribution in [0.15, 0.2) is 18.2 Å². The normalized spacial score (nSPS) is 11.9. The quantitative estimate of drug-likeness (QED) is 0.823. The van der Waals surface area contributed by atoms with E-state index in [0.29, 0.717) is 15.3 Å². The Morgan fingerprint density at radius 2 is 2.18 bits per heavy atom. The van der Waals surface area contributed by atoms with Crippen LogP contribution in [0.5, 0.6) is 0 Å². The van der Waals surface area contributed by atoms with Gasteiger partial charge in [-0.2, -0.15) is 0 Å². The Morgan fingerprint density at radius 3 is 2.76 bits per heavy atom. The molecule has 0 radical (unpaired) electrons. The first-order valence-electron chi connectivity index (χ1n) is 5.05. The molecule has 0 atom stereocenters. The van der Waals surface area contributed by atoms with Gasteiger partial charge in [0.25, 0.3) is 0 Å². The van der Waals surface area contributed by atoms with Gasteiger partial charge < -0.3 is 15.3 Å². The molecule has 3 N–H and O–H groups in total. The summed E-state index contributed by atoms with van der Waals surface area (Å²) in [5.41, 5.74) is 5.96. The third-order valence-electron chi connectivity index (χ3n) is 2.82. The Kier molecular flexibility index (Phi) is 2.75. The lowest BCUT2D eigenvalue weighted by molar-refractivity contribution is -0.124. The number of fused-ring (bicyclic) bond motifs is 1. The number of imidazole rings is 1. The van der Waals surface area contributed by atoms with Crippen molar-refractivity contribution in [3.05, 3.63) is 28.0 Å². The number of benzene rings is 1. The van der Waals surface area contributed by atoms with Gasteiger partial charge in [-0.15, -0.1) is 0 Å². The van der Waals surface area contributed by atoms with Crippen LogP contribution in [0.4, 0.5) is 0 Å². The van der Waals surface area contributed by atoms with E-state index >= 15 is 0 Å². The molecular weight excluding hydrogens is 258 g/mol. The molecule has 6 heteroatoms. The lowest BCUT2D eigenvalue weighted by atomic mass is 10.0. The van der Waals surface area contributed by atoms with Gasteiger partial charge in [0.05, 0.1) is 16.1 Å². The maximum Gasteiger partial charge on any atom is 0.243 e. The van der Waals surface area contributed by atoms with Crippen molar-refractivity contribution < 1.29 is 4.79 Å². The summed E-state index contributed by atoms with van der Waals surface area (Å²) in [6.45, 7) is 3.42. The van der Waals surface area contributed by atoms with Crippen molar-refractivity contribution >= 4 is 40.8 Å². The highest BCUT2D eigenvalue weighted by atomic mass is 35.5. The van der Waals surface area contributed by atoms with Crippen LogP contribution in [0.25, 0.3) is 11.0 Å². The lowest BCUT2D eigenvalue weighted by Gasteiger charge is -2.23. The van der Waals surface area contributed by atoms with Crippen LogP contribution in [0.2, 0.25) is 5.02 Å². The van der Waals surface area contributed by atoms with Gasteiger partial charge in [-0.3, -0.25) is 4.79 Å². The molecule has 0 spiro atoms. The molecule has 17 heavy (non-hydrogen) atoms. The van der Waals surface area contributed by atoms with Crippen LogP contribution in [-0.4, -0.2) is 15.5 Å². The zero-order valence-corrected chi connectivity index (χ0v) is 11.0. The number of amides is 1. The number of H-pyrrole nitrogens is 1. The first kappa shape index (κ1) is 12.1. The predicted molar refractivity (Wildman–Crippen MR) is 70.6 cm³/mol. The smallest absolute Gasteiger partial charge is 0.243 e. The molecule has 1 aromatic carbocycles. The van der Waals surface area contributed by atoms with Crippen molar-refractivity contribution in [3.8, 4) is 0 Å². The molecular formula is C11H12ClN3OS. The molecule has 1 amide bonds. The minimum atomic E-state index is -0.930. The van der Waals surface area contributed by atoms with E-state index in [1.165, 1.54) is 0 Å². The first-order chi connectivity index (χ1) is 7.85. The van der Waals surface area contributed by atoms with Crippen LogP contribution < -0.4 is 5.73 Å². The Morgan fingerprint density at radius 1 is 1.53 bits per heavy atom. The summed E-state index contributed by atoms with van der Waals surface area (Å²) in [4.78, 5) is 14.5. The molecule has 1 heterocycles. The topological polar surface area (TPSA) is 63.8 Å². The summed E-state index contributed by atoms with van der Waals surface area (Å²) in [6, 6.07) is 5.42. The van der Waals surface area contributed by atoms with Gasteiger partial charge in [0.2, 0.25) is 5.91 Å². The van der Waals surface area contributed by atoms with Gasteiger partial charge in [0, 0.05) is 0 Å². The Bertz CT molecular complexity index is 656. The molecule has 0 fully saturated rings. The third kappa shape index (κ3) is 1.75. The van der Waals surface area contributed by atoms with Crippen LogP contribution in [0.1, 0.15) is 13.8 Å². The summed E-state index contributed by atoms with van der Waals surface area (Å²) in [6.07, 6.45) is 0. The van der Waals surface area contributed by atoms with Crippen molar-refractivity contribution in [3.63, 3.8) is 0 Å². The first-order valence-corrected chi connectivity index (χ1v) is 5.84. The summed E-state index contributed by atoms with van der Waals surface area (Å²) in [5.74, 6) is -0.464. The molecule has 2 aromatic rings. The number of carbonyl (C=O) groups excluding carboxylic acids is 1. The zero-order valence-electron chi connectivity index (χ0n) is 9.45. The number of halogens is 1. The Labute approximate surface area is 108 Å². The van der Waals surface area contributed by atoms with Crippen LogP contribution in [0, 0.1) is 4.77 Å². The fourth-order valence-corrected chi connectivity index (χ4v) is 2.45. The third-order valence-corrected chi connectivity index (χ3v) is 3.41. The molecule has 0 unspecified atom stereocenters. The molecule has 2 rings (SSSR count). The highest BCUT2D eigenvalue weighted by molar-refractivity contribution is 7.71. The highest BCUT2D eigenvalue weighted by Gasteiger charge is 2.30. The van der Waals surface area contributed by atoms with E-state index in [9.17, 15) is 4.79 Å². The lowest BCUT2D eigenvalue weighted by Crippen LogP contribution is -2.41. The maximum absolute atomic E-state index is 11.5. The number of hydrogen-bond acceptors (Lipinski definition) is 2. The fraction of sp³-hybridized carbons (Fsp3) is 0.273. The fourth-order valence-electron chi connectivity index (χ4n) is 1.76. The largest absolute Gasteiger partial charge is 0.368 e. The monoisotopic (exact) mass is 269 g/mol. The number of nitrogens with zero attached hydrogens (tertiary/aromatic N) is 1. The highest BCUT2D eigenvalue weighted by Crippen LogP contribution is 2.28. The molecule has 0 aliphatic heterocycles. The van der Waals surface area contributed by atoms with Crippen molar-refractivity contribution in [2.24, 2.45) is 5.73 Å². The maximum atomic E-state index is 11.5. The number of para-hydroxylation sites is 1. The SMILES string of the molecule is CC(C)(C(N)=O)n1c(=S)[nH]c2cccc(Cl)c21. The van der Waals surface area contributed by atoms with E-state index < -0.39 is 11.4 Å². The van der Waals surface area contributed by atoms with Gasteiger partial charge in [0.15, 0.2) is 4.77 Å². The number of primary amides is 1.